The maximum absolute atomic E-state index is 12.5. The Morgan fingerprint density at radius 1 is 1.29 bits per heavy atom. The summed E-state index contributed by atoms with van der Waals surface area (Å²) in [5.74, 6) is 0.0203. The van der Waals surface area contributed by atoms with E-state index in [1.165, 1.54) is 0 Å². The minimum Gasteiger partial charge on any atom is -0.352 e. The summed E-state index contributed by atoms with van der Waals surface area (Å²) in [6.07, 6.45) is 0.513. The second-order valence-electron chi connectivity index (χ2n) is 5.88. The quantitative estimate of drug-likeness (QED) is 0.881. The molecule has 0 aromatic heterocycles. The molecule has 116 valence electrons. The highest BCUT2D eigenvalue weighted by molar-refractivity contribution is 9.10. The van der Waals surface area contributed by atoms with Crippen molar-refractivity contribution in [2.45, 2.75) is 32.2 Å². The molecule has 0 radical (unpaired) electrons. The fourth-order valence-corrected chi connectivity index (χ4v) is 4.65. The van der Waals surface area contributed by atoms with Gasteiger partial charge in [-0.2, -0.15) is 0 Å². The number of sulfone groups is 1. The smallest absolute Gasteiger partial charge is 0.228 e. The Morgan fingerprint density at radius 2 is 1.90 bits per heavy atom. The molecular formula is C15H20BrNO3S. The lowest BCUT2D eigenvalue weighted by atomic mass is 9.87. The Labute approximate surface area is 134 Å². The van der Waals surface area contributed by atoms with Crippen molar-refractivity contribution in [2.24, 2.45) is 5.92 Å². The van der Waals surface area contributed by atoms with Gasteiger partial charge in [-0.1, -0.05) is 41.9 Å². The van der Waals surface area contributed by atoms with Crippen LogP contribution in [0.2, 0.25) is 0 Å². The van der Waals surface area contributed by atoms with Crippen LogP contribution >= 0.6 is 15.9 Å². The minimum atomic E-state index is -2.98. The molecule has 0 spiro atoms. The average Bonchev–Trinajstić information content (AvgIpc) is 2.71. The van der Waals surface area contributed by atoms with Gasteiger partial charge in [0.25, 0.3) is 0 Å². The molecule has 0 aliphatic carbocycles. The Hall–Kier alpha value is -0.880. The van der Waals surface area contributed by atoms with Gasteiger partial charge >= 0.3 is 0 Å². The summed E-state index contributed by atoms with van der Waals surface area (Å²) >= 11 is 3.38. The molecule has 2 rings (SSSR count). The largest absolute Gasteiger partial charge is 0.352 e. The van der Waals surface area contributed by atoms with Crippen LogP contribution in [-0.4, -0.2) is 31.9 Å². The third-order valence-electron chi connectivity index (χ3n) is 3.76. The highest BCUT2D eigenvalue weighted by Gasteiger charge is 2.32. The van der Waals surface area contributed by atoms with Gasteiger partial charge in [0.2, 0.25) is 5.91 Å². The van der Waals surface area contributed by atoms with Crippen molar-refractivity contribution in [1.82, 2.24) is 5.32 Å². The van der Waals surface area contributed by atoms with Crippen LogP contribution in [0.1, 0.15) is 31.7 Å². The van der Waals surface area contributed by atoms with Crippen LogP contribution in [-0.2, 0) is 14.6 Å². The number of hydrogen-bond acceptors (Lipinski definition) is 3. The van der Waals surface area contributed by atoms with E-state index in [2.05, 4.69) is 21.2 Å². The highest BCUT2D eigenvalue weighted by atomic mass is 79.9. The lowest BCUT2D eigenvalue weighted by molar-refractivity contribution is -0.124. The van der Waals surface area contributed by atoms with Crippen LogP contribution in [0.3, 0.4) is 0 Å². The normalized spacial score (nSPS) is 22.2. The second-order valence-corrected chi connectivity index (χ2v) is 9.03. The number of carbonyl (C=O) groups is 1. The highest BCUT2D eigenvalue weighted by Crippen LogP contribution is 2.26. The third kappa shape index (κ3) is 4.30. The molecule has 1 amide bonds. The number of hydrogen-bond donors (Lipinski definition) is 1. The fourth-order valence-electron chi connectivity index (χ4n) is 2.71. The predicted octanol–water partition coefficient (Wildman–Crippen LogP) is 2.49. The number of rotatable bonds is 4. The SMILES string of the molecule is CC(C)C(C(=O)NC1CCS(=O)(=O)C1)c1ccc(Br)cc1. The zero-order valence-electron chi connectivity index (χ0n) is 12.2. The van der Waals surface area contributed by atoms with E-state index in [4.69, 9.17) is 0 Å². The van der Waals surface area contributed by atoms with Gasteiger partial charge in [-0.05, 0) is 30.0 Å². The number of nitrogens with one attached hydrogen (secondary N) is 1. The van der Waals surface area contributed by atoms with E-state index in [0.717, 1.165) is 10.0 Å². The molecule has 1 saturated heterocycles. The minimum absolute atomic E-state index is 0.0594. The van der Waals surface area contributed by atoms with Crippen molar-refractivity contribution in [3.63, 3.8) is 0 Å². The van der Waals surface area contributed by atoms with Crippen LogP contribution in [0.5, 0.6) is 0 Å². The Bertz CT molecular complexity index is 610. The monoisotopic (exact) mass is 373 g/mol. The molecule has 21 heavy (non-hydrogen) atoms. The molecule has 1 heterocycles. The topological polar surface area (TPSA) is 63.2 Å². The summed E-state index contributed by atoms with van der Waals surface area (Å²) in [4.78, 5) is 12.5. The second kappa shape index (κ2) is 6.48. The van der Waals surface area contributed by atoms with Crippen LogP contribution in [0, 0.1) is 5.92 Å². The molecule has 1 aliphatic rings. The molecule has 4 nitrogen and oxygen atoms in total. The summed E-state index contributed by atoms with van der Waals surface area (Å²) < 4.78 is 23.9. The lowest BCUT2D eigenvalue weighted by Crippen LogP contribution is -2.40. The number of halogens is 1. The summed E-state index contributed by atoms with van der Waals surface area (Å²) in [6, 6.07) is 7.44. The van der Waals surface area contributed by atoms with E-state index in [9.17, 15) is 13.2 Å². The summed E-state index contributed by atoms with van der Waals surface area (Å²) in [7, 11) is -2.98. The van der Waals surface area contributed by atoms with Gasteiger partial charge in [0, 0.05) is 10.5 Å². The van der Waals surface area contributed by atoms with E-state index in [1.807, 2.05) is 38.1 Å². The summed E-state index contributed by atoms with van der Waals surface area (Å²) in [6.45, 7) is 4.00. The van der Waals surface area contributed by atoms with Gasteiger partial charge in [-0.3, -0.25) is 4.79 Å². The molecule has 1 aromatic carbocycles. The van der Waals surface area contributed by atoms with Gasteiger partial charge in [0.1, 0.15) is 0 Å². The first-order valence-electron chi connectivity index (χ1n) is 7.05. The number of amides is 1. The number of carbonyl (C=O) groups excluding carboxylic acids is 1. The molecular weight excluding hydrogens is 354 g/mol. The van der Waals surface area contributed by atoms with Crippen molar-refractivity contribution in [3.8, 4) is 0 Å². The van der Waals surface area contributed by atoms with Crippen molar-refractivity contribution >= 4 is 31.7 Å². The zero-order chi connectivity index (χ0) is 15.6. The third-order valence-corrected chi connectivity index (χ3v) is 6.05. The average molecular weight is 374 g/mol. The molecule has 1 fully saturated rings. The van der Waals surface area contributed by atoms with Crippen molar-refractivity contribution in [3.05, 3.63) is 34.3 Å². The fraction of sp³-hybridized carbons (Fsp3) is 0.533. The van der Waals surface area contributed by atoms with E-state index in [1.54, 1.807) is 0 Å². The van der Waals surface area contributed by atoms with Crippen LogP contribution in [0.4, 0.5) is 0 Å². The molecule has 1 N–H and O–H groups in total. The predicted molar refractivity (Wildman–Crippen MR) is 86.9 cm³/mol. The molecule has 1 aromatic rings. The van der Waals surface area contributed by atoms with E-state index in [-0.39, 0.29) is 35.3 Å². The molecule has 1 aliphatic heterocycles. The summed E-state index contributed by atoms with van der Waals surface area (Å²) in [5, 5.41) is 2.90. The van der Waals surface area contributed by atoms with Gasteiger partial charge in [-0.15, -0.1) is 0 Å². The van der Waals surface area contributed by atoms with Gasteiger partial charge in [-0.25, -0.2) is 8.42 Å². The molecule has 6 heteroatoms. The first kappa shape index (κ1) is 16.5. The molecule has 0 bridgehead atoms. The molecule has 2 unspecified atom stereocenters. The van der Waals surface area contributed by atoms with Crippen LogP contribution in [0.25, 0.3) is 0 Å². The van der Waals surface area contributed by atoms with Crippen LogP contribution < -0.4 is 5.32 Å². The Balaban J connectivity index is 2.11. The Kier molecular flexibility index (Phi) is 5.09. The van der Waals surface area contributed by atoms with E-state index < -0.39 is 9.84 Å². The van der Waals surface area contributed by atoms with Crippen LogP contribution in [0.15, 0.2) is 28.7 Å². The Morgan fingerprint density at radius 3 is 2.38 bits per heavy atom. The van der Waals surface area contributed by atoms with Crippen molar-refractivity contribution < 1.29 is 13.2 Å². The van der Waals surface area contributed by atoms with Crippen molar-refractivity contribution in [2.75, 3.05) is 11.5 Å². The summed E-state index contributed by atoms with van der Waals surface area (Å²) in [5.41, 5.74) is 0.951. The first-order valence-corrected chi connectivity index (χ1v) is 9.66. The maximum atomic E-state index is 12.5. The zero-order valence-corrected chi connectivity index (χ0v) is 14.6. The van der Waals surface area contributed by atoms with Gasteiger partial charge < -0.3 is 5.32 Å². The lowest BCUT2D eigenvalue weighted by Gasteiger charge is -2.23. The molecule has 0 saturated carbocycles. The first-order chi connectivity index (χ1) is 9.78. The van der Waals surface area contributed by atoms with Crippen molar-refractivity contribution in [1.29, 1.82) is 0 Å². The maximum Gasteiger partial charge on any atom is 0.228 e. The van der Waals surface area contributed by atoms with E-state index >= 15 is 0 Å². The standard InChI is InChI=1S/C15H20BrNO3S/c1-10(2)14(11-3-5-12(16)6-4-11)15(18)17-13-7-8-21(19,20)9-13/h3-6,10,13-14H,7-9H2,1-2H3,(H,17,18). The van der Waals surface area contributed by atoms with Gasteiger partial charge in [0.15, 0.2) is 9.84 Å². The molecule has 2 atom stereocenters. The number of benzene rings is 1. The van der Waals surface area contributed by atoms with Gasteiger partial charge in [0.05, 0.1) is 17.4 Å². The van der Waals surface area contributed by atoms with E-state index in [0.29, 0.717) is 6.42 Å².